The van der Waals surface area contributed by atoms with Gasteiger partial charge < -0.3 is 20.5 Å². The predicted octanol–water partition coefficient (Wildman–Crippen LogP) is 5.51. The first-order valence-corrected chi connectivity index (χ1v) is 10.7. The van der Waals surface area contributed by atoms with Crippen molar-refractivity contribution in [1.82, 2.24) is 9.97 Å². The molecule has 3 rings (SSSR count). The van der Waals surface area contributed by atoms with Crippen LogP contribution in [0.2, 0.25) is 0 Å². The summed E-state index contributed by atoms with van der Waals surface area (Å²) in [6.45, 7) is 6.24. The number of alkyl halides is 3. The number of hydrogen-bond donors (Lipinski definition) is 3. The number of aromatic nitrogens is 2. The average Bonchev–Trinajstić information content (AvgIpc) is 2.78. The molecule has 0 bridgehead atoms. The quantitative estimate of drug-likeness (QED) is 0.378. The van der Waals surface area contributed by atoms with Crippen molar-refractivity contribution in [2.75, 3.05) is 17.2 Å². The topological polar surface area (TPSA) is 96.4 Å². The van der Waals surface area contributed by atoms with Crippen molar-refractivity contribution >= 4 is 17.6 Å². The zero-order chi connectivity index (χ0) is 23.7. The van der Waals surface area contributed by atoms with Crippen molar-refractivity contribution in [2.24, 2.45) is 0 Å². The maximum atomic E-state index is 13.2. The van der Waals surface area contributed by atoms with Gasteiger partial charge in [0.15, 0.2) is 5.75 Å². The number of nitrogens with one attached hydrogen (secondary N) is 2. The van der Waals surface area contributed by atoms with E-state index in [2.05, 4.69) is 20.6 Å². The Morgan fingerprint density at radius 3 is 2.52 bits per heavy atom. The largest absolute Gasteiger partial charge is 0.490 e. The molecule has 11 heteroatoms. The second kappa shape index (κ2) is 13.7. The Kier molecular flexibility index (Phi) is 12.1. The first kappa shape index (κ1) is 29.1. The van der Waals surface area contributed by atoms with Gasteiger partial charge in [0.1, 0.15) is 0 Å². The van der Waals surface area contributed by atoms with Crippen LogP contribution in [0, 0.1) is 0 Å². The van der Waals surface area contributed by atoms with Crippen LogP contribution in [-0.2, 0) is 43.7 Å². The second-order valence-corrected chi connectivity index (χ2v) is 7.07. The minimum atomic E-state index is -4.42. The van der Waals surface area contributed by atoms with Gasteiger partial charge in [0, 0.05) is 50.9 Å². The fourth-order valence-electron chi connectivity index (χ4n) is 3.29. The van der Waals surface area contributed by atoms with Crippen LogP contribution in [0.1, 0.15) is 63.6 Å². The third kappa shape index (κ3) is 8.74. The van der Waals surface area contributed by atoms with E-state index in [0.717, 1.165) is 18.6 Å². The van der Waals surface area contributed by atoms with E-state index in [1.165, 1.54) is 18.5 Å². The molecule has 2 atom stereocenters. The molecule has 3 N–H and O–H groups in total. The maximum Gasteiger partial charge on any atom is 0.416 e. The van der Waals surface area contributed by atoms with E-state index in [1.807, 2.05) is 20.8 Å². The van der Waals surface area contributed by atoms with Gasteiger partial charge in [-0.3, -0.25) is 4.79 Å². The van der Waals surface area contributed by atoms with E-state index < -0.39 is 17.7 Å². The molecule has 1 radical (unpaired) electrons. The number of nitrogens with zero attached hydrogens (tertiary/aromatic N) is 2. The molecule has 0 saturated heterocycles. The van der Waals surface area contributed by atoms with Gasteiger partial charge in [-0.15, -0.1) is 0 Å². The molecule has 0 aliphatic carbocycles. The van der Waals surface area contributed by atoms with E-state index in [4.69, 9.17) is 9.84 Å². The molecule has 179 valence electrons. The number of halogens is 3. The van der Waals surface area contributed by atoms with Crippen LogP contribution in [0.25, 0.3) is 0 Å². The number of fused-ring (bicyclic) bond motifs is 1. The normalized spacial score (nSPS) is 16.8. The van der Waals surface area contributed by atoms with Gasteiger partial charge in [0.2, 0.25) is 5.95 Å². The first-order valence-electron chi connectivity index (χ1n) is 10.7. The Morgan fingerprint density at radius 1 is 1.27 bits per heavy atom. The molecular weight excluding hydrogens is 514 g/mol. The molecular formula is C22H29F3N4O3Y. The number of rotatable bonds is 8. The van der Waals surface area contributed by atoms with E-state index in [1.54, 1.807) is 0 Å². The minimum absolute atomic E-state index is 0. The summed E-state index contributed by atoms with van der Waals surface area (Å²) < 4.78 is 44.9. The molecule has 1 aromatic carbocycles. The van der Waals surface area contributed by atoms with Crippen molar-refractivity contribution in [2.45, 2.75) is 64.7 Å². The summed E-state index contributed by atoms with van der Waals surface area (Å²) in [6, 6.07) is 3.43. The molecule has 1 aromatic heterocycles. The SMILES string of the molecule is CC.CCC1CC(Nc2ncc(OCCCC(=O)O)cn2)c2cc(C(F)(F)F)ccc2N1.[Y]. The van der Waals surface area contributed by atoms with Gasteiger partial charge in [-0.1, -0.05) is 20.8 Å². The summed E-state index contributed by atoms with van der Waals surface area (Å²) in [5.74, 6) is -0.226. The molecule has 2 heterocycles. The third-order valence-corrected chi connectivity index (χ3v) is 4.86. The molecule has 0 saturated carbocycles. The summed E-state index contributed by atoms with van der Waals surface area (Å²) in [6.07, 6.45) is 0.250. The first-order chi connectivity index (χ1) is 15.3. The summed E-state index contributed by atoms with van der Waals surface area (Å²) in [5.41, 5.74) is 0.486. The smallest absolute Gasteiger partial charge is 0.416 e. The summed E-state index contributed by atoms with van der Waals surface area (Å²) in [5, 5.41) is 15.0. The van der Waals surface area contributed by atoms with Gasteiger partial charge in [-0.25, -0.2) is 9.97 Å². The van der Waals surface area contributed by atoms with Crippen LogP contribution in [0.4, 0.5) is 24.8 Å². The van der Waals surface area contributed by atoms with E-state index in [-0.39, 0.29) is 63.8 Å². The molecule has 0 fully saturated rings. The minimum Gasteiger partial charge on any atom is -0.490 e. The van der Waals surface area contributed by atoms with Crippen molar-refractivity contribution in [3.8, 4) is 5.75 Å². The standard InChI is InChI=1S/C20H23F3N4O3.C2H6.Y/c1-2-13-9-17(15-8-12(20(21,22)23)5-6-16(15)26-13)27-19-24-10-14(11-25-19)30-7-3-4-18(28)29;1-2;/h5-6,8,10-11,13,17,26H,2-4,7,9H2,1H3,(H,28,29)(H,24,25,27);1-2H3;. The monoisotopic (exact) mass is 543 g/mol. The maximum absolute atomic E-state index is 13.2. The van der Waals surface area contributed by atoms with Gasteiger partial charge >= 0.3 is 12.1 Å². The second-order valence-electron chi connectivity index (χ2n) is 7.07. The Hall–Kier alpha value is -1.94. The number of aliphatic carboxylic acids is 1. The van der Waals surface area contributed by atoms with Gasteiger partial charge in [0.05, 0.1) is 30.6 Å². The van der Waals surface area contributed by atoms with E-state index in [9.17, 15) is 18.0 Å². The van der Waals surface area contributed by atoms with Crippen molar-refractivity contribution < 1.29 is 60.5 Å². The van der Waals surface area contributed by atoms with Gasteiger partial charge in [-0.2, -0.15) is 13.2 Å². The van der Waals surface area contributed by atoms with Crippen LogP contribution in [0.15, 0.2) is 30.6 Å². The molecule has 0 amide bonds. The Labute approximate surface area is 216 Å². The number of anilines is 2. The van der Waals surface area contributed by atoms with Crippen molar-refractivity contribution in [3.05, 3.63) is 41.7 Å². The van der Waals surface area contributed by atoms with Gasteiger partial charge in [0.25, 0.3) is 0 Å². The van der Waals surface area contributed by atoms with Crippen LogP contribution in [-0.4, -0.2) is 33.7 Å². The molecule has 1 aliphatic heterocycles. The van der Waals surface area contributed by atoms with Crippen molar-refractivity contribution in [3.63, 3.8) is 0 Å². The number of carboxylic acids is 1. The summed E-state index contributed by atoms with van der Waals surface area (Å²) in [7, 11) is 0. The fraction of sp³-hybridized carbons (Fsp3) is 0.500. The number of hydrogen-bond acceptors (Lipinski definition) is 6. The van der Waals surface area contributed by atoms with Crippen LogP contribution in [0.5, 0.6) is 5.75 Å². The molecule has 2 aromatic rings. The number of carbonyl (C=O) groups is 1. The Bertz CT molecular complexity index is 882. The fourth-order valence-corrected chi connectivity index (χ4v) is 3.29. The molecule has 0 spiro atoms. The van der Waals surface area contributed by atoms with E-state index in [0.29, 0.717) is 29.8 Å². The number of benzene rings is 1. The molecule has 33 heavy (non-hydrogen) atoms. The van der Waals surface area contributed by atoms with Crippen molar-refractivity contribution in [1.29, 1.82) is 0 Å². The molecule has 7 nitrogen and oxygen atoms in total. The Morgan fingerprint density at radius 2 is 1.94 bits per heavy atom. The van der Waals surface area contributed by atoms with Crippen LogP contribution in [0.3, 0.4) is 0 Å². The summed E-state index contributed by atoms with van der Waals surface area (Å²) >= 11 is 0. The molecule has 2 unspecified atom stereocenters. The predicted molar refractivity (Wildman–Crippen MR) is 116 cm³/mol. The molecule has 1 aliphatic rings. The average molecular weight is 543 g/mol. The zero-order valence-corrected chi connectivity index (χ0v) is 21.8. The zero-order valence-electron chi connectivity index (χ0n) is 18.9. The van der Waals surface area contributed by atoms with Crippen LogP contribution < -0.4 is 15.4 Å². The third-order valence-electron chi connectivity index (χ3n) is 4.86. The number of carboxylic acid groups (broad SMARTS) is 1. The van der Waals surface area contributed by atoms with E-state index >= 15 is 0 Å². The Balaban J connectivity index is 0.00000177. The summed E-state index contributed by atoms with van der Waals surface area (Å²) in [4.78, 5) is 18.8. The van der Waals surface area contributed by atoms with Crippen LogP contribution >= 0.6 is 0 Å². The number of ether oxygens (including phenoxy) is 1. The van der Waals surface area contributed by atoms with Gasteiger partial charge in [-0.05, 0) is 43.0 Å².